The van der Waals surface area contributed by atoms with Gasteiger partial charge in [0.25, 0.3) is 0 Å². The number of rotatable bonds is 8. The molecule has 0 heterocycles. The lowest BCUT2D eigenvalue weighted by molar-refractivity contribution is -0.461. The van der Waals surface area contributed by atoms with E-state index in [0.717, 1.165) is 0 Å². The van der Waals surface area contributed by atoms with Gasteiger partial charge < -0.3 is 5.11 Å². The predicted octanol–water partition coefficient (Wildman–Crippen LogP) is 5.47. The number of alkyl halides is 17. The second-order valence-electron chi connectivity index (χ2n) is 5.22. The minimum atomic E-state index is -8.72. The van der Waals surface area contributed by atoms with E-state index < -0.39 is 60.0 Å². The van der Waals surface area contributed by atoms with E-state index in [-0.39, 0.29) is 0 Å². The smallest absolute Gasteiger partial charge is 0.460 e. The Hall–Kier alpha value is -1.72. The maximum absolute atomic E-state index is 13.1. The van der Waals surface area contributed by atoms with Gasteiger partial charge in [0.15, 0.2) is 0 Å². The molecule has 0 aliphatic carbocycles. The van der Waals surface area contributed by atoms with Gasteiger partial charge in [-0.05, 0) is 0 Å². The maximum Gasteiger partial charge on any atom is 0.460 e. The third-order valence-corrected chi connectivity index (χ3v) is 3.16. The molecule has 29 heavy (non-hydrogen) atoms. The Morgan fingerprint density at radius 2 is 0.862 bits per heavy atom. The molecule has 0 unspecified atom stereocenters. The van der Waals surface area contributed by atoms with E-state index >= 15 is 0 Å². The number of hydrogen-bond acceptors (Lipinski definition) is 1. The fourth-order valence-corrected chi connectivity index (χ4v) is 1.50. The number of hydrogen-bond donors (Lipinski definition) is 1. The van der Waals surface area contributed by atoms with E-state index in [1.54, 1.807) is 0 Å². The zero-order valence-electron chi connectivity index (χ0n) is 12.5. The van der Waals surface area contributed by atoms with Crippen molar-refractivity contribution in [3.63, 3.8) is 0 Å². The average molecular weight is 480 g/mol. The molecular weight excluding hydrogens is 477 g/mol. The van der Waals surface area contributed by atoms with E-state index in [1.807, 2.05) is 0 Å². The lowest BCUT2D eigenvalue weighted by Gasteiger charge is -2.42. The van der Waals surface area contributed by atoms with Crippen molar-refractivity contribution < 1.29 is 84.5 Å². The van der Waals surface area contributed by atoms with Gasteiger partial charge >= 0.3 is 53.6 Å². The van der Waals surface area contributed by atoms with Crippen molar-refractivity contribution >= 4 is 5.97 Å². The van der Waals surface area contributed by atoms with Gasteiger partial charge in [-0.1, -0.05) is 0 Å². The molecule has 19 heteroatoms. The summed E-state index contributed by atoms with van der Waals surface area (Å²) in [4.78, 5) is 9.90. The van der Waals surface area contributed by atoms with E-state index in [9.17, 15) is 79.4 Å². The first-order chi connectivity index (χ1) is 12.2. The molecule has 0 bridgehead atoms. The molecule has 0 aliphatic rings. The summed E-state index contributed by atoms with van der Waals surface area (Å²) in [6.07, 6.45) is -11.3. The van der Waals surface area contributed by atoms with E-state index in [1.165, 1.54) is 0 Å². The summed E-state index contributed by atoms with van der Waals surface area (Å²) in [5.41, 5.74) is 0. The zero-order valence-corrected chi connectivity index (χ0v) is 12.5. The maximum atomic E-state index is 13.1. The Morgan fingerprint density at radius 1 is 0.586 bits per heavy atom. The average Bonchev–Trinajstić information content (AvgIpc) is 2.43. The summed E-state index contributed by atoms with van der Waals surface area (Å²) in [7, 11) is 0. The third kappa shape index (κ3) is 3.53. The van der Waals surface area contributed by atoms with Crippen molar-refractivity contribution in [3.05, 3.63) is 0 Å². The standard InChI is InChI=1S/C10H3F17O2/c11-3(12,1-2(28)29)4(13,14)5(15,16)6(17,18)7(19,20)8(21,22)9(23,24)10(25,26)27/h1H2,(H,28,29)/i3+2. The first-order valence-electron chi connectivity index (χ1n) is 6.10. The van der Waals surface area contributed by atoms with Crippen molar-refractivity contribution in [2.45, 2.75) is 54.1 Å². The Kier molecular flexibility index (Phi) is 6.25. The van der Waals surface area contributed by atoms with E-state index in [0.29, 0.717) is 0 Å². The van der Waals surface area contributed by atoms with Gasteiger partial charge in [0, 0.05) is 0 Å². The predicted molar refractivity (Wildman–Crippen MR) is 52.9 cm³/mol. The normalized spacial score (nSPS) is 16.2. The highest BCUT2D eigenvalue weighted by molar-refractivity contribution is 5.68. The van der Waals surface area contributed by atoms with Crippen LogP contribution in [0.1, 0.15) is 6.42 Å². The fraction of sp³-hybridized carbons (Fsp3) is 0.900. The van der Waals surface area contributed by atoms with Gasteiger partial charge in [0.05, 0.1) is 0 Å². The van der Waals surface area contributed by atoms with Gasteiger partial charge in [-0.25, -0.2) is 0 Å². The van der Waals surface area contributed by atoms with E-state index in [2.05, 4.69) is 0 Å². The van der Waals surface area contributed by atoms with Gasteiger partial charge in [0.2, 0.25) is 0 Å². The molecule has 0 fully saturated rings. The summed E-state index contributed by atoms with van der Waals surface area (Å²) in [6, 6.07) is 0. The van der Waals surface area contributed by atoms with Crippen LogP contribution in [0.2, 0.25) is 0 Å². The molecule has 0 saturated heterocycles. The largest absolute Gasteiger partial charge is 0.481 e. The number of carbonyl (C=O) groups is 1. The van der Waals surface area contributed by atoms with Gasteiger partial charge in [-0.2, -0.15) is 74.6 Å². The first-order valence-corrected chi connectivity index (χ1v) is 6.10. The fourth-order valence-electron chi connectivity index (χ4n) is 1.50. The summed E-state index contributed by atoms with van der Waals surface area (Å²) >= 11 is 0. The molecule has 0 aromatic heterocycles. The lowest BCUT2D eigenvalue weighted by atomic mass is 9.93. The molecule has 0 amide bonds. The van der Waals surface area contributed by atoms with Crippen molar-refractivity contribution in [3.8, 4) is 0 Å². The molecule has 2 nitrogen and oxygen atoms in total. The van der Waals surface area contributed by atoms with Gasteiger partial charge in [0.1, 0.15) is 6.42 Å². The topological polar surface area (TPSA) is 37.3 Å². The molecule has 0 saturated carbocycles. The van der Waals surface area contributed by atoms with Gasteiger partial charge in [-0.3, -0.25) is 4.79 Å². The molecule has 0 aliphatic heterocycles. The highest BCUT2D eigenvalue weighted by Crippen LogP contribution is 2.64. The number of aliphatic carboxylic acids is 1. The minimum Gasteiger partial charge on any atom is -0.481 e. The SMILES string of the molecule is O=C(O)C[14C](F)(F)C(F)(F)C(F)(F)C(F)(F)C(F)(F)C(F)(F)C(F)(F)C(F)(F)F. The second-order valence-corrected chi connectivity index (χ2v) is 5.22. The molecule has 0 rings (SSSR count). The highest BCUT2D eigenvalue weighted by Gasteiger charge is 2.95. The van der Waals surface area contributed by atoms with Crippen LogP contribution in [-0.2, 0) is 4.79 Å². The quantitative estimate of drug-likeness (QED) is 0.468. The monoisotopic (exact) mass is 480 g/mol. The van der Waals surface area contributed by atoms with E-state index in [4.69, 9.17) is 5.11 Å². The molecule has 174 valence electrons. The van der Waals surface area contributed by atoms with Crippen molar-refractivity contribution in [2.24, 2.45) is 0 Å². The molecule has 0 atom stereocenters. The Bertz CT molecular complexity index is 631. The van der Waals surface area contributed by atoms with Crippen LogP contribution >= 0.6 is 0 Å². The van der Waals surface area contributed by atoms with Crippen molar-refractivity contribution in [1.82, 2.24) is 0 Å². The van der Waals surface area contributed by atoms with Crippen molar-refractivity contribution in [2.75, 3.05) is 0 Å². The minimum absolute atomic E-state index is 3.13. The summed E-state index contributed by atoms with van der Waals surface area (Å²) in [5, 5.41) is 7.83. The van der Waals surface area contributed by atoms with Crippen LogP contribution in [0.5, 0.6) is 0 Å². The van der Waals surface area contributed by atoms with Crippen molar-refractivity contribution in [1.29, 1.82) is 0 Å². The van der Waals surface area contributed by atoms with Crippen LogP contribution in [-0.4, -0.2) is 58.7 Å². The number of carboxylic acid groups (broad SMARTS) is 1. The lowest BCUT2D eigenvalue weighted by Crippen LogP contribution is -2.74. The number of carboxylic acids is 1. The Balaban J connectivity index is 6.69. The van der Waals surface area contributed by atoms with Crippen LogP contribution in [0, 0.1) is 0 Å². The highest BCUT2D eigenvalue weighted by atomic mass is 19.4. The molecule has 0 aromatic carbocycles. The van der Waals surface area contributed by atoms with Crippen LogP contribution in [0.3, 0.4) is 0 Å². The van der Waals surface area contributed by atoms with Crippen LogP contribution in [0.15, 0.2) is 0 Å². The van der Waals surface area contributed by atoms with Crippen LogP contribution in [0.25, 0.3) is 0 Å². The Labute approximate surface area is 146 Å². The molecule has 0 aromatic rings. The van der Waals surface area contributed by atoms with Crippen LogP contribution < -0.4 is 0 Å². The number of halogens is 17. The second kappa shape index (κ2) is 6.64. The summed E-state index contributed by atoms with van der Waals surface area (Å²) < 4.78 is 216. The molecular formula is C10H3F17O2. The summed E-state index contributed by atoms with van der Waals surface area (Å²) in [5.74, 6) is -60.6. The first kappa shape index (κ1) is 27.3. The molecule has 0 radical (unpaired) electrons. The zero-order chi connectivity index (χ0) is 24.3. The molecule has 0 spiro atoms. The van der Waals surface area contributed by atoms with Gasteiger partial charge in [-0.15, -0.1) is 0 Å². The van der Waals surface area contributed by atoms with Crippen LogP contribution in [0.4, 0.5) is 74.6 Å². The summed E-state index contributed by atoms with van der Waals surface area (Å²) in [6.45, 7) is 0. The molecule has 1 N–H and O–H groups in total. The third-order valence-electron chi connectivity index (χ3n) is 3.16. The Morgan fingerprint density at radius 3 is 1.14 bits per heavy atom.